The number of para-hydroxylation sites is 1. The number of hydrogen-bond donors (Lipinski definition) is 0. The second-order valence-electron chi connectivity index (χ2n) is 9.79. The molecule has 12 nitrogen and oxygen atoms in total. The molecule has 3 aromatic rings. The fraction of sp³-hybridized carbons (Fsp3) is 0.424. The second-order valence-corrected chi connectivity index (χ2v) is 9.79. The summed E-state index contributed by atoms with van der Waals surface area (Å²) in [5, 5.41) is 33.4. The molecule has 0 radical (unpaired) electrons. The summed E-state index contributed by atoms with van der Waals surface area (Å²) < 4.78 is 38.9. The van der Waals surface area contributed by atoms with E-state index in [0.29, 0.717) is 109 Å². The molecular formula is C33H39N3O9Zn. The van der Waals surface area contributed by atoms with E-state index in [1.807, 2.05) is 0 Å². The summed E-state index contributed by atoms with van der Waals surface area (Å²) in [5.74, 6) is -0.433. The molecule has 46 heavy (non-hydrogen) atoms. The minimum absolute atomic E-state index is 0. The number of rotatable bonds is 0. The molecule has 0 atom stereocenters. The van der Waals surface area contributed by atoms with Crippen molar-refractivity contribution in [3.8, 4) is 11.5 Å². The fourth-order valence-corrected chi connectivity index (χ4v) is 4.02. The molecule has 0 fully saturated rings. The van der Waals surface area contributed by atoms with Gasteiger partial charge in [-0.25, -0.2) is 0 Å². The molecule has 4 bridgehead atoms. The molecule has 0 unspecified atom stereocenters. The van der Waals surface area contributed by atoms with Crippen LogP contribution in [-0.4, -0.2) is 85.5 Å². The molecule has 3 aromatic carbocycles. The Bertz CT molecular complexity index is 1260. The predicted molar refractivity (Wildman–Crippen MR) is 163 cm³/mol. The van der Waals surface area contributed by atoms with Crippen molar-refractivity contribution in [3.63, 3.8) is 0 Å². The monoisotopic (exact) mass is 685 g/mol. The molecule has 1 heterocycles. The zero-order chi connectivity index (χ0) is 31.4. The van der Waals surface area contributed by atoms with Crippen LogP contribution in [0.3, 0.4) is 0 Å². The summed E-state index contributed by atoms with van der Waals surface area (Å²) in [6.45, 7) is 5.95. The van der Waals surface area contributed by atoms with Crippen molar-refractivity contribution >= 4 is 23.3 Å². The van der Waals surface area contributed by atoms with Crippen LogP contribution in [-0.2, 0) is 65.8 Å². The van der Waals surface area contributed by atoms with E-state index in [0.717, 1.165) is 11.1 Å². The number of ether oxygens (including phenoxy) is 7. The molecule has 0 aromatic heterocycles. The van der Waals surface area contributed by atoms with Gasteiger partial charge in [0.2, 0.25) is 0 Å². The van der Waals surface area contributed by atoms with Crippen LogP contribution in [0.1, 0.15) is 16.7 Å². The number of nitrogens with zero attached hydrogens (tertiary/aromatic N) is 3. The first kappa shape index (κ1) is 37.3. The molecule has 0 N–H and O–H groups in total. The average molecular weight is 687 g/mol. The van der Waals surface area contributed by atoms with E-state index in [4.69, 9.17) is 33.2 Å². The summed E-state index contributed by atoms with van der Waals surface area (Å²) in [7, 11) is 0. The Hall–Kier alpha value is -3.13. The summed E-state index contributed by atoms with van der Waals surface area (Å²) in [6.07, 6.45) is 1.49. The standard InChI is InChI=1S/C33H41N3O9.Zn/c37-32-7-5-26-21-28(32)23-34-29-3-1-2-4-30(29)35-36-31-22-27(6-8-33(31)38)25-45-20-18-43-16-14-41-12-10-39-9-11-40-13-15-42-17-19-44-24-26;/h1-8,21-23,37-38H,9-20,24-25H2;/q;+2/p-2. The van der Waals surface area contributed by atoms with Gasteiger partial charge in [0.05, 0.1) is 104 Å². The van der Waals surface area contributed by atoms with Crippen molar-refractivity contribution in [1.29, 1.82) is 0 Å². The van der Waals surface area contributed by atoms with E-state index in [9.17, 15) is 10.2 Å². The largest absolute Gasteiger partial charge is 2.00 e. The van der Waals surface area contributed by atoms with Crippen LogP contribution in [0.2, 0.25) is 0 Å². The second kappa shape index (κ2) is 22.4. The van der Waals surface area contributed by atoms with Gasteiger partial charge < -0.3 is 43.4 Å². The summed E-state index contributed by atoms with van der Waals surface area (Å²) in [5.41, 5.74) is 3.15. The van der Waals surface area contributed by atoms with Crippen LogP contribution in [0.5, 0.6) is 11.5 Å². The SMILES string of the molecule is [O-]c1ccc2cc1C=Nc1ccccc1N=Nc1cc(ccc1[O-])COCCOCCOCCOCCOCCOCCOC2.[Zn+2]. The Morgan fingerprint density at radius 2 is 0.891 bits per heavy atom. The van der Waals surface area contributed by atoms with Crippen LogP contribution in [0.25, 0.3) is 0 Å². The van der Waals surface area contributed by atoms with Gasteiger partial charge in [-0.2, -0.15) is 5.11 Å². The van der Waals surface area contributed by atoms with E-state index in [-0.39, 0.29) is 36.7 Å². The Morgan fingerprint density at radius 1 is 0.457 bits per heavy atom. The van der Waals surface area contributed by atoms with Crippen molar-refractivity contribution in [2.75, 3.05) is 79.3 Å². The van der Waals surface area contributed by atoms with Crippen molar-refractivity contribution in [1.82, 2.24) is 0 Å². The van der Waals surface area contributed by atoms with Gasteiger partial charge in [-0.1, -0.05) is 42.1 Å². The Kier molecular flexibility index (Phi) is 18.2. The summed E-state index contributed by atoms with van der Waals surface area (Å²) in [6, 6.07) is 16.8. The summed E-state index contributed by atoms with van der Waals surface area (Å²) >= 11 is 0. The smallest absolute Gasteiger partial charge is 0.872 e. The minimum atomic E-state index is -0.264. The third kappa shape index (κ3) is 14.1. The quantitative estimate of drug-likeness (QED) is 0.319. The van der Waals surface area contributed by atoms with Crippen molar-refractivity contribution in [2.45, 2.75) is 13.2 Å². The van der Waals surface area contributed by atoms with Crippen LogP contribution in [0.15, 0.2) is 75.9 Å². The van der Waals surface area contributed by atoms with Crippen molar-refractivity contribution in [2.24, 2.45) is 15.2 Å². The first-order valence-electron chi connectivity index (χ1n) is 14.9. The van der Waals surface area contributed by atoms with Gasteiger partial charge in [0.15, 0.2) is 0 Å². The maximum atomic E-state index is 12.5. The van der Waals surface area contributed by atoms with E-state index >= 15 is 0 Å². The normalized spacial score (nSPS) is 17.3. The minimum Gasteiger partial charge on any atom is -0.872 e. The first-order chi connectivity index (χ1) is 22.2. The molecular weight excluding hydrogens is 648 g/mol. The molecule has 13 heteroatoms. The molecule has 0 spiro atoms. The molecule has 1 aliphatic rings. The maximum absolute atomic E-state index is 12.5. The molecule has 0 saturated carbocycles. The van der Waals surface area contributed by atoms with Gasteiger partial charge in [-0.05, 0) is 41.0 Å². The zero-order valence-corrected chi connectivity index (χ0v) is 28.9. The molecule has 0 amide bonds. The van der Waals surface area contributed by atoms with Crippen molar-refractivity contribution < 1.29 is 62.8 Å². The van der Waals surface area contributed by atoms with Gasteiger partial charge in [0.25, 0.3) is 0 Å². The number of fused-ring (bicyclic) bond motifs is 5. The molecule has 4 rings (SSSR count). The van der Waals surface area contributed by atoms with Gasteiger partial charge in [-0.15, -0.1) is 10.9 Å². The number of benzene rings is 3. The van der Waals surface area contributed by atoms with E-state index in [1.54, 1.807) is 48.5 Å². The fourth-order valence-electron chi connectivity index (χ4n) is 4.02. The van der Waals surface area contributed by atoms with E-state index in [1.165, 1.54) is 18.3 Å². The number of azo groups is 1. The number of aliphatic imine (C=N–C) groups is 1. The average Bonchev–Trinajstić information content (AvgIpc) is 3.05. The first-order valence-corrected chi connectivity index (χ1v) is 14.9. The van der Waals surface area contributed by atoms with Gasteiger partial charge in [-0.3, -0.25) is 4.99 Å². The third-order valence-corrected chi connectivity index (χ3v) is 6.36. The van der Waals surface area contributed by atoms with Crippen LogP contribution < -0.4 is 10.2 Å². The Morgan fingerprint density at radius 3 is 1.43 bits per heavy atom. The van der Waals surface area contributed by atoms with Crippen LogP contribution in [0.4, 0.5) is 17.1 Å². The maximum Gasteiger partial charge on any atom is 2.00 e. The van der Waals surface area contributed by atoms with Gasteiger partial charge >= 0.3 is 19.5 Å². The van der Waals surface area contributed by atoms with E-state index in [2.05, 4.69) is 15.2 Å². The van der Waals surface area contributed by atoms with E-state index < -0.39 is 0 Å². The van der Waals surface area contributed by atoms with Gasteiger partial charge in [0.1, 0.15) is 5.69 Å². The molecule has 0 saturated heterocycles. The topological polar surface area (TPSA) is 148 Å². The molecule has 0 aliphatic carbocycles. The van der Waals surface area contributed by atoms with Crippen LogP contribution in [0, 0.1) is 0 Å². The predicted octanol–water partition coefficient (Wildman–Crippen LogP) is 4.13. The zero-order valence-electron chi connectivity index (χ0n) is 26.0. The Balaban J connectivity index is 0.00000576. The Labute approximate surface area is 282 Å². The summed E-state index contributed by atoms with van der Waals surface area (Å²) in [4.78, 5) is 4.49. The number of hydrogen-bond acceptors (Lipinski definition) is 12. The third-order valence-electron chi connectivity index (χ3n) is 6.36. The molecule has 1 aliphatic heterocycles. The van der Waals surface area contributed by atoms with Crippen LogP contribution >= 0.6 is 0 Å². The van der Waals surface area contributed by atoms with Crippen molar-refractivity contribution in [3.05, 3.63) is 77.4 Å². The van der Waals surface area contributed by atoms with Gasteiger partial charge in [0, 0.05) is 6.21 Å². The molecule has 242 valence electrons.